The summed E-state index contributed by atoms with van der Waals surface area (Å²) in [6, 6.07) is 11.3. The molecule has 0 unspecified atom stereocenters. The van der Waals surface area contributed by atoms with Gasteiger partial charge < -0.3 is 9.15 Å². The Morgan fingerprint density at radius 1 is 1.06 bits per heavy atom. The SMILES string of the molecule is COC(=O)c1c(C)oc(NC(=O)c2ccc3c(c2)C(=O)N(c2cccc(C)c2C)C3=O)c1C#N. The van der Waals surface area contributed by atoms with Crippen LogP contribution >= 0.6 is 0 Å². The topological polar surface area (TPSA) is 130 Å². The maximum absolute atomic E-state index is 13.1. The highest BCUT2D eigenvalue weighted by molar-refractivity contribution is 6.35. The standard InChI is InChI=1S/C25H19N3O6/c1-12-6-5-7-19(13(12)2)28-23(30)16-9-8-15(10-17(16)24(28)31)21(29)27-22-18(11-26)20(14(3)34-22)25(32)33-4/h5-10H,1-4H3,(H,27,29). The van der Waals surface area contributed by atoms with Crippen molar-refractivity contribution in [1.29, 1.82) is 5.26 Å². The minimum absolute atomic E-state index is 0.0697. The van der Waals surface area contributed by atoms with Gasteiger partial charge in [-0.05, 0) is 56.2 Å². The van der Waals surface area contributed by atoms with Gasteiger partial charge in [-0.3, -0.25) is 19.7 Å². The first kappa shape index (κ1) is 22.5. The number of imide groups is 1. The van der Waals surface area contributed by atoms with Crippen molar-refractivity contribution in [2.75, 3.05) is 17.3 Å². The highest BCUT2D eigenvalue weighted by Gasteiger charge is 2.38. The number of fused-ring (bicyclic) bond motifs is 1. The van der Waals surface area contributed by atoms with Gasteiger partial charge in [0.05, 0.1) is 23.9 Å². The van der Waals surface area contributed by atoms with Gasteiger partial charge >= 0.3 is 5.97 Å². The Morgan fingerprint density at radius 3 is 2.44 bits per heavy atom. The van der Waals surface area contributed by atoms with E-state index in [1.165, 1.54) is 32.2 Å². The molecule has 0 saturated heterocycles. The van der Waals surface area contributed by atoms with Gasteiger partial charge in [-0.15, -0.1) is 0 Å². The fourth-order valence-corrected chi connectivity index (χ4v) is 3.84. The van der Waals surface area contributed by atoms with E-state index in [2.05, 4.69) is 10.1 Å². The second-order valence-corrected chi connectivity index (χ2v) is 7.72. The van der Waals surface area contributed by atoms with Crippen molar-refractivity contribution in [3.8, 4) is 6.07 Å². The second-order valence-electron chi connectivity index (χ2n) is 7.72. The average Bonchev–Trinajstić information content (AvgIpc) is 3.27. The van der Waals surface area contributed by atoms with Gasteiger partial charge in [0.1, 0.15) is 23.0 Å². The quantitative estimate of drug-likeness (QED) is 0.464. The van der Waals surface area contributed by atoms with E-state index < -0.39 is 23.7 Å². The number of nitrogens with one attached hydrogen (secondary N) is 1. The highest BCUT2D eigenvalue weighted by atomic mass is 16.5. The summed E-state index contributed by atoms with van der Waals surface area (Å²) in [5.74, 6) is -2.58. The molecular weight excluding hydrogens is 438 g/mol. The normalized spacial score (nSPS) is 12.4. The molecular formula is C25H19N3O6. The van der Waals surface area contributed by atoms with E-state index >= 15 is 0 Å². The number of carbonyl (C=O) groups excluding carboxylic acids is 4. The van der Waals surface area contributed by atoms with Crippen molar-refractivity contribution in [3.05, 3.63) is 81.1 Å². The van der Waals surface area contributed by atoms with Gasteiger partial charge in [-0.2, -0.15) is 5.26 Å². The number of furan rings is 1. The molecule has 0 bridgehead atoms. The summed E-state index contributed by atoms with van der Waals surface area (Å²) >= 11 is 0. The summed E-state index contributed by atoms with van der Waals surface area (Å²) in [7, 11) is 1.17. The number of esters is 1. The molecule has 1 N–H and O–H groups in total. The molecule has 9 heteroatoms. The smallest absolute Gasteiger partial charge is 0.342 e. The third kappa shape index (κ3) is 3.42. The molecule has 0 saturated carbocycles. The van der Waals surface area contributed by atoms with E-state index in [0.29, 0.717) is 5.69 Å². The maximum atomic E-state index is 13.1. The van der Waals surface area contributed by atoms with E-state index in [0.717, 1.165) is 16.0 Å². The molecule has 0 fully saturated rings. The summed E-state index contributed by atoms with van der Waals surface area (Å²) in [5, 5.41) is 11.9. The monoisotopic (exact) mass is 457 g/mol. The van der Waals surface area contributed by atoms with Crippen molar-refractivity contribution >= 4 is 35.3 Å². The van der Waals surface area contributed by atoms with Crippen LogP contribution in [0.5, 0.6) is 0 Å². The largest absolute Gasteiger partial charge is 0.465 e. The van der Waals surface area contributed by atoms with Crippen LogP contribution in [-0.2, 0) is 4.74 Å². The number of amides is 3. The number of nitrogens with zero attached hydrogens (tertiary/aromatic N) is 2. The molecule has 1 aromatic heterocycles. The first-order valence-electron chi connectivity index (χ1n) is 10.2. The Hall–Kier alpha value is -4.71. The van der Waals surface area contributed by atoms with Crippen LogP contribution in [0.4, 0.5) is 11.6 Å². The minimum Gasteiger partial charge on any atom is -0.465 e. The van der Waals surface area contributed by atoms with Crippen LogP contribution in [0.15, 0.2) is 40.8 Å². The number of rotatable bonds is 4. The van der Waals surface area contributed by atoms with Crippen LogP contribution in [0.3, 0.4) is 0 Å². The summed E-state index contributed by atoms with van der Waals surface area (Å²) in [6.45, 7) is 5.18. The number of carbonyl (C=O) groups is 4. The van der Waals surface area contributed by atoms with Gasteiger partial charge in [-0.25, -0.2) is 9.69 Å². The molecule has 0 spiro atoms. The third-order valence-corrected chi connectivity index (χ3v) is 5.78. The van der Waals surface area contributed by atoms with E-state index in [4.69, 9.17) is 4.42 Å². The number of ether oxygens (including phenoxy) is 1. The van der Waals surface area contributed by atoms with Gasteiger partial charge in [0.15, 0.2) is 0 Å². The molecule has 34 heavy (non-hydrogen) atoms. The Bertz CT molecular complexity index is 1440. The van der Waals surface area contributed by atoms with Crippen molar-refractivity contribution in [2.24, 2.45) is 0 Å². The lowest BCUT2D eigenvalue weighted by Crippen LogP contribution is -2.30. The van der Waals surface area contributed by atoms with Gasteiger partial charge in [-0.1, -0.05) is 12.1 Å². The Balaban J connectivity index is 1.67. The zero-order valence-electron chi connectivity index (χ0n) is 18.8. The molecule has 4 rings (SSSR count). The molecule has 3 aromatic rings. The lowest BCUT2D eigenvalue weighted by molar-refractivity contribution is 0.0598. The van der Waals surface area contributed by atoms with Crippen LogP contribution in [0.25, 0.3) is 0 Å². The molecule has 0 radical (unpaired) electrons. The molecule has 2 heterocycles. The number of anilines is 2. The van der Waals surface area contributed by atoms with Crippen LogP contribution in [0.2, 0.25) is 0 Å². The molecule has 9 nitrogen and oxygen atoms in total. The number of nitriles is 1. The highest BCUT2D eigenvalue weighted by Crippen LogP contribution is 2.33. The summed E-state index contributed by atoms with van der Waals surface area (Å²) in [4.78, 5) is 52.0. The molecule has 0 aliphatic carbocycles. The van der Waals surface area contributed by atoms with E-state index in [1.54, 1.807) is 12.1 Å². The lowest BCUT2D eigenvalue weighted by atomic mass is 10.1. The summed E-state index contributed by atoms with van der Waals surface area (Å²) in [5.41, 5.74) is 2.30. The molecule has 0 atom stereocenters. The Kier molecular flexibility index (Phi) is 5.51. The minimum atomic E-state index is -0.772. The van der Waals surface area contributed by atoms with Gasteiger partial charge in [0, 0.05) is 5.56 Å². The average molecular weight is 457 g/mol. The maximum Gasteiger partial charge on any atom is 0.342 e. The molecule has 3 amide bonds. The van der Waals surface area contributed by atoms with Gasteiger partial charge in [0.2, 0.25) is 5.88 Å². The second kappa shape index (κ2) is 8.33. The Labute approximate surface area is 194 Å². The first-order chi connectivity index (χ1) is 16.2. The van der Waals surface area contributed by atoms with Crippen molar-refractivity contribution in [1.82, 2.24) is 0 Å². The van der Waals surface area contributed by atoms with E-state index in [1.807, 2.05) is 26.0 Å². The van der Waals surface area contributed by atoms with Gasteiger partial charge in [0.25, 0.3) is 17.7 Å². The molecule has 1 aliphatic rings. The van der Waals surface area contributed by atoms with Crippen LogP contribution in [-0.4, -0.2) is 30.8 Å². The molecule has 2 aromatic carbocycles. The fourth-order valence-electron chi connectivity index (χ4n) is 3.84. The van der Waals surface area contributed by atoms with E-state index in [-0.39, 0.29) is 39.5 Å². The van der Waals surface area contributed by atoms with E-state index in [9.17, 15) is 24.4 Å². The predicted molar refractivity (Wildman–Crippen MR) is 121 cm³/mol. The van der Waals surface area contributed by atoms with Crippen LogP contribution < -0.4 is 10.2 Å². The van der Waals surface area contributed by atoms with Crippen LogP contribution in [0, 0.1) is 32.1 Å². The predicted octanol–water partition coefficient (Wildman–Crippen LogP) is 3.92. The Morgan fingerprint density at radius 2 is 1.76 bits per heavy atom. The molecule has 1 aliphatic heterocycles. The lowest BCUT2D eigenvalue weighted by Gasteiger charge is -2.17. The summed E-state index contributed by atoms with van der Waals surface area (Å²) < 4.78 is 10.1. The van der Waals surface area contributed by atoms with Crippen LogP contribution in [0.1, 0.15) is 63.9 Å². The zero-order chi connectivity index (χ0) is 24.7. The first-order valence-corrected chi connectivity index (χ1v) is 10.2. The number of benzene rings is 2. The number of aryl methyl sites for hydroxylation is 2. The zero-order valence-corrected chi connectivity index (χ0v) is 18.8. The number of hydrogen-bond acceptors (Lipinski definition) is 7. The third-order valence-electron chi connectivity index (χ3n) is 5.78. The van der Waals surface area contributed by atoms with Crippen molar-refractivity contribution in [2.45, 2.75) is 20.8 Å². The molecule has 170 valence electrons. The number of hydrogen-bond donors (Lipinski definition) is 1. The fraction of sp³-hybridized carbons (Fsp3) is 0.160. The van der Waals surface area contributed by atoms with Crippen molar-refractivity contribution in [3.63, 3.8) is 0 Å². The van der Waals surface area contributed by atoms with Crippen molar-refractivity contribution < 1.29 is 28.3 Å². The number of methoxy groups -OCH3 is 1. The summed E-state index contributed by atoms with van der Waals surface area (Å²) in [6.07, 6.45) is 0.